The molecule has 2 fully saturated rings. The van der Waals surface area contributed by atoms with E-state index in [9.17, 15) is 4.79 Å². The van der Waals surface area contributed by atoms with E-state index in [-0.39, 0.29) is 12.1 Å². The van der Waals surface area contributed by atoms with Crippen LogP contribution in [-0.4, -0.2) is 43.5 Å². The van der Waals surface area contributed by atoms with Crippen LogP contribution in [0.1, 0.15) is 20.8 Å². The van der Waals surface area contributed by atoms with Crippen LogP contribution in [0.15, 0.2) is 0 Å². The largest absolute Gasteiger partial charge is 0.444 e. The predicted molar refractivity (Wildman–Crippen MR) is 59.3 cm³/mol. The SMILES string of the molecule is CC(C)(C)OC(=O)NC1CNC2COCC21. The van der Waals surface area contributed by atoms with Crippen LogP contribution in [0.5, 0.6) is 0 Å². The van der Waals surface area contributed by atoms with Crippen molar-refractivity contribution in [2.24, 2.45) is 5.92 Å². The lowest BCUT2D eigenvalue weighted by Crippen LogP contribution is -2.43. The molecule has 5 nitrogen and oxygen atoms in total. The highest BCUT2D eigenvalue weighted by atomic mass is 16.6. The minimum atomic E-state index is -0.443. The molecule has 0 saturated carbocycles. The van der Waals surface area contributed by atoms with E-state index in [1.807, 2.05) is 20.8 Å². The Kier molecular flexibility index (Phi) is 3.08. The van der Waals surface area contributed by atoms with Crippen molar-refractivity contribution in [3.8, 4) is 0 Å². The summed E-state index contributed by atoms with van der Waals surface area (Å²) in [7, 11) is 0. The summed E-state index contributed by atoms with van der Waals surface area (Å²) in [5, 5.41) is 6.24. The van der Waals surface area contributed by atoms with Crippen molar-refractivity contribution in [1.82, 2.24) is 10.6 Å². The van der Waals surface area contributed by atoms with Gasteiger partial charge < -0.3 is 20.1 Å². The maximum Gasteiger partial charge on any atom is 0.407 e. The lowest BCUT2D eigenvalue weighted by Gasteiger charge is -2.23. The molecule has 2 saturated heterocycles. The van der Waals surface area contributed by atoms with Gasteiger partial charge in [0.05, 0.1) is 19.3 Å². The quantitative estimate of drug-likeness (QED) is 0.686. The number of rotatable bonds is 1. The van der Waals surface area contributed by atoms with Gasteiger partial charge in [-0.25, -0.2) is 4.79 Å². The monoisotopic (exact) mass is 228 g/mol. The number of hydrogen-bond acceptors (Lipinski definition) is 4. The Hall–Kier alpha value is -0.810. The summed E-state index contributed by atoms with van der Waals surface area (Å²) in [4.78, 5) is 11.6. The minimum Gasteiger partial charge on any atom is -0.444 e. The number of nitrogens with one attached hydrogen (secondary N) is 2. The Morgan fingerprint density at radius 3 is 2.88 bits per heavy atom. The van der Waals surface area contributed by atoms with Crippen LogP contribution in [0.4, 0.5) is 4.79 Å². The molecule has 0 aromatic carbocycles. The van der Waals surface area contributed by atoms with Gasteiger partial charge >= 0.3 is 6.09 Å². The Bertz CT molecular complexity index is 275. The maximum atomic E-state index is 11.6. The molecular formula is C11H20N2O3. The van der Waals surface area contributed by atoms with Gasteiger partial charge in [0.2, 0.25) is 0 Å². The van der Waals surface area contributed by atoms with Crippen LogP contribution in [0.2, 0.25) is 0 Å². The first-order valence-corrected chi connectivity index (χ1v) is 5.76. The molecule has 2 rings (SSSR count). The van der Waals surface area contributed by atoms with E-state index in [4.69, 9.17) is 9.47 Å². The second-order valence-electron chi connectivity index (χ2n) is 5.47. The van der Waals surface area contributed by atoms with Gasteiger partial charge in [0.15, 0.2) is 0 Å². The predicted octanol–water partition coefficient (Wildman–Crippen LogP) is 0.498. The van der Waals surface area contributed by atoms with Crippen LogP contribution in [-0.2, 0) is 9.47 Å². The zero-order chi connectivity index (χ0) is 11.8. The van der Waals surface area contributed by atoms with Gasteiger partial charge in [0, 0.05) is 18.5 Å². The van der Waals surface area contributed by atoms with E-state index in [2.05, 4.69) is 10.6 Å². The highest BCUT2D eigenvalue weighted by molar-refractivity contribution is 5.68. The first-order valence-electron chi connectivity index (χ1n) is 5.76. The molecule has 0 spiro atoms. The molecule has 92 valence electrons. The molecule has 0 radical (unpaired) electrons. The van der Waals surface area contributed by atoms with Crippen molar-refractivity contribution < 1.29 is 14.3 Å². The summed E-state index contributed by atoms with van der Waals surface area (Å²) in [6.45, 7) is 7.86. The highest BCUT2D eigenvalue weighted by Gasteiger charge is 2.41. The van der Waals surface area contributed by atoms with Crippen molar-refractivity contribution in [2.75, 3.05) is 19.8 Å². The van der Waals surface area contributed by atoms with E-state index in [0.717, 1.165) is 19.8 Å². The fourth-order valence-corrected chi connectivity index (χ4v) is 2.22. The van der Waals surface area contributed by atoms with Crippen molar-refractivity contribution in [3.63, 3.8) is 0 Å². The molecule has 3 unspecified atom stereocenters. The van der Waals surface area contributed by atoms with Gasteiger partial charge in [-0.05, 0) is 20.8 Å². The number of ether oxygens (including phenoxy) is 2. The number of carbonyl (C=O) groups excluding carboxylic acids is 1. The zero-order valence-electron chi connectivity index (χ0n) is 10.1. The van der Waals surface area contributed by atoms with Crippen LogP contribution in [0.25, 0.3) is 0 Å². The molecule has 0 aliphatic carbocycles. The van der Waals surface area contributed by atoms with Gasteiger partial charge in [-0.1, -0.05) is 0 Å². The first kappa shape index (κ1) is 11.7. The topological polar surface area (TPSA) is 59.6 Å². The number of fused-ring (bicyclic) bond motifs is 1. The number of carbonyl (C=O) groups is 1. The number of amides is 1. The average molecular weight is 228 g/mol. The summed E-state index contributed by atoms with van der Waals surface area (Å²) in [5.41, 5.74) is -0.443. The van der Waals surface area contributed by atoms with Gasteiger partial charge in [0.1, 0.15) is 5.60 Å². The van der Waals surface area contributed by atoms with Gasteiger partial charge in [0.25, 0.3) is 0 Å². The lowest BCUT2D eigenvalue weighted by atomic mass is 10.0. The van der Waals surface area contributed by atoms with Crippen LogP contribution < -0.4 is 10.6 Å². The summed E-state index contributed by atoms with van der Waals surface area (Å²) >= 11 is 0. The molecule has 3 atom stereocenters. The van der Waals surface area contributed by atoms with Gasteiger partial charge in [-0.15, -0.1) is 0 Å². The zero-order valence-corrected chi connectivity index (χ0v) is 10.1. The van der Waals surface area contributed by atoms with E-state index >= 15 is 0 Å². The summed E-state index contributed by atoms with van der Waals surface area (Å²) in [5.74, 6) is 0.382. The molecule has 1 amide bonds. The molecular weight excluding hydrogens is 208 g/mol. The van der Waals surface area contributed by atoms with Crippen molar-refractivity contribution in [3.05, 3.63) is 0 Å². The van der Waals surface area contributed by atoms with Crippen molar-refractivity contribution in [2.45, 2.75) is 38.5 Å². The van der Waals surface area contributed by atoms with E-state index in [0.29, 0.717) is 12.0 Å². The van der Waals surface area contributed by atoms with E-state index < -0.39 is 5.60 Å². The third-order valence-electron chi connectivity index (χ3n) is 2.94. The Labute approximate surface area is 95.9 Å². The summed E-state index contributed by atoms with van der Waals surface area (Å²) < 4.78 is 10.6. The van der Waals surface area contributed by atoms with Crippen molar-refractivity contribution in [1.29, 1.82) is 0 Å². The second-order valence-corrected chi connectivity index (χ2v) is 5.47. The lowest BCUT2D eigenvalue weighted by molar-refractivity contribution is 0.0491. The number of alkyl carbamates (subject to hydrolysis) is 1. The average Bonchev–Trinajstić information content (AvgIpc) is 2.66. The normalized spacial score (nSPS) is 33.6. The van der Waals surface area contributed by atoms with Gasteiger partial charge in [-0.2, -0.15) is 0 Å². The third kappa shape index (κ3) is 2.65. The van der Waals surface area contributed by atoms with Crippen LogP contribution >= 0.6 is 0 Å². The molecule has 2 heterocycles. The van der Waals surface area contributed by atoms with E-state index in [1.54, 1.807) is 0 Å². The molecule has 0 aromatic heterocycles. The van der Waals surface area contributed by atoms with Crippen molar-refractivity contribution >= 4 is 6.09 Å². The molecule has 5 heteroatoms. The molecule has 2 aliphatic heterocycles. The third-order valence-corrected chi connectivity index (χ3v) is 2.94. The molecule has 2 N–H and O–H groups in total. The molecule has 0 bridgehead atoms. The smallest absolute Gasteiger partial charge is 0.407 e. The minimum absolute atomic E-state index is 0.127. The fraction of sp³-hybridized carbons (Fsp3) is 0.909. The Morgan fingerprint density at radius 2 is 2.19 bits per heavy atom. The first-order chi connectivity index (χ1) is 7.46. The molecule has 0 aromatic rings. The summed E-state index contributed by atoms with van der Waals surface area (Å²) in [6, 6.07) is 0.516. The Balaban J connectivity index is 1.83. The second kappa shape index (κ2) is 4.22. The van der Waals surface area contributed by atoms with Gasteiger partial charge in [-0.3, -0.25) is 0 Å². The standard InChI is InChI=1S/C11H20N2O3/c1-11(2,3)16-10(14)13-8-4-12-9-6-15-5-7(8)9/h7-9,12H,4-6H2,1-3H3,(H,13,14). The van der Waals surface area contributed by atoms with Crippen LogP contribution in [0, 0.1) is 5.92 Å². The summed E-state index contributed by atoms with van der Waals surface area (Å²) in [6.07, 6.45) is -0.341. The Morgan fingerprint density at radius 1 is 1.44 bits per heavy atom. The maximum absolute atomic E-state index is 11.6. The van der Waals surface area contributed by atoms with E-state index in [1.165, 1.54) is 0 Å². The fourth-order valence-electron chi connectivity index (χ4n) is 2.22. The highest BCUT2D eigenvalue weighted by Crippen LogP contribution is 2.23. The molecule has 16 heavy (non-hydrogen) atoms. The molecule has 2 aliphatic rings. The van der Waals surface area contributed by atoms with Crippen LogP contribution in [0.3, 0.4) is 0 Å². The number of hydrogen-bond donors (Lipinski definition) is 2.